The van der Waals surface area contributed by atoms with E-state index >= 15 is 0 Å². The minimum Gasteiger partial charge on any atom is -0.357 e. The van der Waals surface area contributed by atoms with Crippen molar-refractivity contribution in [3.63, 3.8) is 0 Å². The first kappa shape index (κ1) is 22.5. The minimum atomic E-state index is -5.24. The zero-order valence-electron chi connectivity index (χ0n) is 16.0. The van der Waals surface area contributed by atoms with Crippen LogP contribution in [0.25, 0.3) is 0 Å². The van der Waals surface area contributed by atoms with Gasteiger partial charge in [0.25, 0.3) is 0 Å². The highest BCUT2D eigenvalue weighted by molar-refractivity contribution is 7.90. The van der Waals surface area contributed by atoms with E-state index in [1.54, 1.807) is 6.20 Å². The Balaban J connectivity index is 1.81. The van der Waals surface area contributed by atoms with Crippen molar-refractivity contribution in [3.05, 3.63) is 18.0 Å². The van der Waals surface area contributed by atoms with Gasteiger partial charge in [-0.15, -0.1) is 0 Å². The van der Waals surface area contributed by atoms with Crippen LogP contribution in [0, 0.1) is 12.8 Å². The molecule has 1 fully saturated rings. The van der Waals surface area contributed by atoms with Crippen LogP contribution in [0.4, 0.5) is 13.2 Å². The lowest BCUT2D eigenvalue weighted by molar-refractivity contribution is -0.0496. The van der Waals surface area contributed by atoms with Crippen molar-refractivity contribution in [2.24, 2.45) is 10.9 Å². The molecule has 12 heteroatoms. The number of aryl methyl sites for hydroxylation is 1. The van der Waals surface area contributed by atoms with E-state index in [1.807, 2.05) is 24.7 Å². The maximum Gasteiger partial charge on any atom is 0.511 e. The summed E-state index contributed by atoms with van der Waals surface area (Å²) >= 11 is 0. The molecule has 160 valence electrons. The van der Waals surface area contributed by atoms with Crippen LogP contribution in [-0.2, 0) is 16.6 Å². The number of nitrogens with one attached hydrogen (secondary N) is 2. The topological polar surface area (TPSA) is 91.6 Å². The molecule has 2 rings (SSSR count). The van der Waals surface area contributed by atoms with Gasteiger partial charge in [0.15, 0.2) is 5.96 Å². The molecule has 8 nitrogen and oxygen atoms in total. The highest BCUT2D eigenvalue weighted by atomic mass is 32.2. The average molecular weight is 424 g/mol. The number of rotatable bonds is 7. The molecule has 0 atom stereocenters. The second kappa shape index (κ2) is 9.59. The van der Waals surface area contributed by atoms with Crippen molar-refractivity contribution in [1.82, 2.24) is 24.7 Å². The van der Waals surface area contributed by atoms with E-state index in [1.165, 1.54) is 0 Å². The number of guanidine groups is 1. The van der Waals surface area contributed by atoms with Crippen LogP contribution < -0.4 is 10.6 Å². The number of hydrogen-bond acceptors (Lipinski definition) is 4. The Hall–Kier alpha value is -1.82. The first-order valence-electron chi connectivity index (χ1n) is 9.21. The lowest BCUT2D eigenvalue weighted by Gasteiger charge is -2.30. The van der Waals surface area contributed by atoms with E-state index < -0.39 is 15.5 Å². The fraction of sp³-hybridized carbons (Fsp3) is 0.750. The number of sulfonamides is 1. The van der Waals surface area contributed by atoms with Gasteiger partial charge >= 0.3 is 15.5 Å². The predicted molar refractivity (Wildman–Crippen MR) is 100 cm³/mol. The Bertz CT molecular complexity index is 755. The molecule has 0 unspecified atom stereocenters. The van der Waals surface area contributed by atoms with Gasteiger partial charge in [-0.2, -0.15) is 22.6 Å². The maximum atomic E-state index is 12.6. The summed E-state index contributed by atoms with van der Waals surface area (Å²) in [5.74, 6) is 0.667. The molecule has 0 saturated carbocycles. The molecule has 0 aliphatic carbocycles. The molecule has 1 saturated heterocycles. The molecule has 1 aromatic rings. The number of nitrogens with zero attached hydrogens (tertiary/aromatic N) is 4. The number of halogens is 3. The molecule has 2 N–H and O–H groups in total. The standard InChI is InChI=1S/C16H27F3N6O2S/c1-3-20-15(21-6-9-24-12-13(2)10-23-24)22-11-14-4-7-25(8-5-14)28(26,27)16(17,18)19/h10,12,14H,3-9,11H2,1-2H3,(H2,20,21,22). The van der Waals surface area contributed by atoms with E-state index in [9.17, 15) is 21.6 Å². The SMILES string of the molecule is CCNC(=NCC1CCN(S(=O)(=O)C(F)(F)F)CC1)NCCn1cc(C)cn1. The summed E-state index contributed by atoms with van der Waals surface area (Å²) in [6.07, 6.45) is 4.43. The third-order valence-corrected chi connectivity index (χ3v) is 6.08. The van der Waals surface area contributed by atoms with Gasteiger partial charge in [-0.25, -0.2) is 8.42 Å². The molecule has 2 heterocycles. The molecule has 28 heavy (non-hydrogen) atoms. The van der Waals surface area contributed by atoms with Crippen molar-refractivity contribution in [2.75, 3.05) is 32.7 Å². The summed E-state index contributed by atoms with van der Waals surface area (Å²) in [6, 6.07) is 0. The zero-order valence-corrected chi connectivity index (χ0v) is 16.9. The van der Waals surface area contributed by atoms with Gasteiger partial charge in [-0.3, -0.25) is 9.67 Å². The van der Waals surface area contributed by atoms with Gasteiger partial charge in [0, 0.05) is 38.9 Å². The quantitative estimate of drug-likeness (QED) is 0.509. The third kappa shape index (κ3) is 6.09. The molecule has 0 aromatic carbocycles. The highest BCUT2D eigenvalue weighted by Crippen LogP contribution is 2.30. The maximum absolute atomic E-state index is 12.6. The second-order valence-electron chi connectivity index (χ2n) is 6.72. The first-order chi connectivity index (χ1) is 13.1. The van der Waals surface area contributed by atoms with Crippen LogP contribution in [0.5, 0.6) is 0 Å². The molecule has 0 radical (unpaired) electrons. The van der Waals surface area contributed by atoms with Gasteiger partial charge in [0.2, 0.25) is 0 Å². The van der Waals surface area contributed by atoms with Gasteiger partial charge in [-0.1, -0.05) is 0 Å². The molecular weight excluding hydrogens is 397 g/mol. The summed E-state index contributed by atoms with van der Waals surface area (Å²) in [7, 11) is -5.23. The predicted octanol–water partition coefficient (Wildman–Crippen LogP) is 1.31. The Kier molecular flexibility index (Phi) is 7.70. The second-order valence-corrected chi connectivity index (χ2v) is 8.65. The van der Waals surface area contributed by atoms with Crippen molar-refractivity contribution in [3.8, 4) is 0 Å². The molecule has 1 aliphatic heterocycles. The minimum absolute atomic E-state index is 0.0453. The fourth-order valence-electron chi connectivity index (χ4n) is 2.92. The van der Waals surface area contributed by atoms with Crippen LogP contribution in [0.2, 0.25) is 0 Å². The molecule has 0 spiro atoms. The molecule has 0 amide bonds. The van der Waals surface area contributed by atoms with Crippen molar-refractivity contribution in [1.29, 1.82) is 0 Å². The van der Waals surface area contributed by atoms with Crippen molar-refractivity contribution >= 4 is 16.0 Å². The average Bonchev–Trinajstić information content (AvgIpc) is 3.04. The Morgan fingerprint density at radius 1 is 1.32 bits per heavy atom. The lowest BCUT2D eigenvalue weighted by atomic mass is 9.98. The fourth-order valence-corrected chi connectivity index (χ4v) is 3.90. The van der Waals surface area contributed by atoms with Crippen LogP contribution in [0.1, 0.15) is 25.3 Å². The molecule has 1 aliphatic rings. The number of hydrogen-bond donors (Lipinski definition) is 2. The number of alkyl halides is 3. The summed E-state index contributed by atoms with van der Waals surface area (Å²) in [6.45, 7) is 6.03. The lowest BCUT2D eigenvalue weighted by Crippen LogP contribution is -2.45. The van der Waals surface area contributed by atoms with E-state index in [0.29, 0.717) is 49.3 Å². The van der Waals surface area contributed by atoms with Gasteiger partial charge in [-0.05, 0) is 38.2 Å². The largest absolute Gasteiger partial charge is 0.511 e. The van der Waals surface area contributed by atoms with Gasteiger partial charge < -0.3 is 10.6 Å². The van der Waals surface area contributed by atoms with E-state index in [0.717, 1.165) is 5.56 Å². The summed E-state index contributed by atoms with van der Waals surface area (Å²) in [5, 5.41) is 10.5. The third-order valence-electron chi connectivity index (χ3n) is 4.45. The Morgan fingerprint density at radius 3 is 2.54 bits per heavy atom. The number of aromatic nitrogens is 2. The Morgan fingerprint density at radius 2 is 2.00 bits per heavy atom. The van der Waals surface area contributed by atoms with Gasteiger partial charge in [0.1, 0.15) is 0 Å². The summed E-state index contributed by atoms with van der Waals surface area (Å²) < 4.78 is 63.1. The van der Waals surface area contributed by atoms with E-state index in [4.69, 9.17) is 0 Å². The monoisotopic (exact) mass is 424 g/mol. The normalized spacial score (nSPS) is 17.7. The first-order valence-corrected chi connectivity index (χ1v) is 10.6. The smallest absolute Gasteiger partial charge is 0.357 e. The highest BCUT2D eigenvalue weighted by Gasteiger charge is 2.50. The van der Waals surface area contributed by atoms with E-state index in [-0.39, 0.29) is 19.0 Å². The number of aliphatic imine (C=N–C) groups is 1. The van der Waals surface area contributed by atoms with E-state index in [2.05, 4.69) is 20.7 Å². The molecule has 0 bridgehead atoms. The van der Waals surface area contributed by atoms with Crippen LogP contribution in [-0.4, -0.2) is 66.7 Å². The zero-order chi connectivity index (χ0) is 20.8. The van der Waals surface area contributed by atoms with Crippen LogP contribution >= 0.6 is 0 Å². The van der Waals surface area contributed by atoms with Crippen molar-refractivity contribution in [2.45, 2.75) is 38.7 Å². The Labute approximate surface area is 163 Å². The van der Waals surface area contributed by atoms with Crippen LogP contribution in [0.15, 0.2) is 17.4 Å². The number of piperidine rings is 1. The van der Waals surface area contributed by atoms with Crippen LogP contribution in [0.3, 0.4) is 0 Å². The molecule has 1 aromatic heterocycles. The van der Waals surface area contributed by atoms with Gasteiger partial charge in [0.05, 0.1) is 12.7 Å². The summed E-state index contributed by atoms with van der Waals surface area (Å²) in [4.78, 5) is 4.48. The molecular formula is C16H27F3N6O2S. The summed E-state index contributed by atoms with van der Waals surface area (Å²) in [5.41, 5.74) is -4.16. The van der Waals surface area contributed by atoms with Crippen molar-refractivity contribution < 1.29 is 21.6 Å².